The van der Waals surface area contributed by atoms with Gasteiger partial charge in [0, 0.05) is 0 Å². The first kappa shape index (κ1) is 13.8. The van der Waals surface area contributed by atoms with E-state index in [9.17, 15) is 15.0 Å². The third-order valence-electron chi connectivity index (χ3n) is 3.19. The second-order valence-corrected chi connectivity index (χ2v) is 4.48. The van der Waals surface area contributed by atoms with Gasteiger partial charge in [-0.3, -0.25) is 0 Å². The van der Waals surface area contributed by atoms with Gasteiger partial charge in [0.15, 0.2) is 5.60 Å². The van der Waals surface area contributed by atoms with E-state index >= 15 is 0 Å². The fraction of sp³-hybridized carbons (Fsp3) is 0.615. The molecule has 3 N–H and O–H groups in total. The molecule has 4 nitrogen and oxygen atoms in total. The molecule has 0 amide bonds. The second-order valence-electron chi connectivity index (χ2n) is 4.48. The van der Waals surface area contributed by atoms with E-state index in [0.29, 0.717) is 6.42 Å². The van der Waals surface area contributed by atoms with Crippen molar-refractivity contribution in [3.63, 3.8) is 0 Å². The van der Waals surface area contributed by atoms with Gasteiger partial charge in [-0.05, 0) is 18.6 Å². The average molecular weight is 240 g/mol. The predicted molar refractivity (Wildman–Crippen MR) is 64.7 cm³/mol. The largest absolute Gasteiger partial charge is 0.512 e. The number of carbonyl (C=O) groups is 1. The summed E-state index contributed by atoms with van der Waals surface area (Å²) in [4.78, 5) is 11.1. The minimum absolute atomic E-state index is 0.0473. The lowest BCUT2D eigenvalue weighted by Crippen LogP contribution is -2.46. The number of carboxylic acid groups (broad SMARTS) is 1. The fourth-order valence-corrected chi connectivity index (χ4v) is 2.11. The summed E-state index contributed by atoms with van der Waals surface area (Å²) >= 11 is 0. The molecular formula is C13H20O4. The highest BCUT2D eigenvalue weighted by atomic mass is 16.4. The number of rotatable bonds is 6. The van der Waals surface area contributed by atoms with E-state index in [1.165, 1.54) is 18.2 Å². The molecule has 0 spiro atoms. The van der Waals surface area contributed by atoms with Gasteiger partial charge in [0.25, 0.3) is 0 Å². The molecule has 2 unspecified atom stereocenters. The van der Waals surface area contributed by atoms with Gasteiger partial charge >= 0.3 is 5.97 Å². The number of hydrogen-bond donors (Lipinski definition) is 3. The van der Waals surface area contributed by atoms with Crippen molar-refractivity contribution in [1.29, 1.82) is 0 Å². The molecule has 4 heteroatoms. The van der Waals surface area contributed by atoms with E-state index < -0.39 is 17.5 Å². The van der Waals surface area contributed by atoms with Crippen LogP contribution in [0, 0.1) is 5.92 Å². The van der Waals surface area contributed by atoms with Crippen LogP contribution >= 0.6 is 0 Å². The van der Waals surface area contributed by atoms with Gasteiger partial charge in [0.1, 0.15) is 0 Å². The molecule has 0 aromatic heterocycles. The Balaban J connectivity index is 2.68. The second kappa shape index (κ2) is 5.87. The average Bonchev–Trinajstić information content (AvgIpc) is 2.27. The molecule has 1 aliphatic rings. The summed E-state index contributed by atoms with van der Waals surface area (Å²) < 4.78 is 0. The smallest absolute Gasteiger partial charge is 0.340 e. The predicted octanol–water partition coefficient (Wildman–Crippen LogP) is 2.40. The van der Waals surface area contributed by atoms with Crippen LogP contribution in [-0.2, 0) is 4.79 Å². The maximum Gasteiger partial charge on any atom is 0.340 e. The summed E-state index contributed by atoms with van der Waals surface area (Å²) in [7, 11) is 0. The van der Waals surface area contributed by atoms with Crippen LogP contribution in [0.3, 0.4) is 0 Å². The summed E-state index contributed by atoms with van der Waals surface area (Å²) in [5.74, 6) is -2.09. The van der Waals surface area contributed by atoms with Gasteiger partial charge in [-0.2, -0.15) is 0 Å². The lowest BCUT2D eigenvalue weighted by molar-refractivity contribution is -0.158. The van der Waals surface area contributed by atoms with Crippen molar-refractivity contribution in [1.82, 2.24) is 0 Å². The fourth-order valence-electron chi connectivity index (χ4n) is 2.11. The van der Waals surface area contributed by atoms with Gasteiger partial charge in [-0.15, -0.1) is 0 Å². The Morgan fingerprint density at radius 1 is 1.41 bits per heavy atom. The minimum Gasteiger partial charge on any atom is -0.512 e. The Morgan fingerprint density at radius 2 is 2.12 bits per heavy atom. The highest BCUT2D eigenvalue weighted by Crippen LogP contribution is 2.33. The zero-order chi connectivity index (χ0) is 12.9. The van der Waals surface area contributed by atoms with Crippen molar-refractivity contribution < 1.29 is 20.1 Å². The Hall–Kier alpha value is -1.29. The standard InChI is InChI=1S/C13H20O4/c1-2-3-4-5-7-10-11(14)8-6-9-13(10,17)12(15)16/h6,8-10,14,17H,2-5,7H2,1H3,(H,15,16). The van der Waals surface area contributed by atoms with E-state index in [0.717, 1.165) is 25.7 Å². The molecule has 0 aliphatic heterocycles. The monoisotopic (exact) mass is 240 g/mol. The molecule has 0 fully saturated rings. The molecule has 0 saturated heterocycles. The maximum atomic E-state index is 11.1. The summed E-state index contributed by atoms with van der Waals surface area (Å²) in [6.45, 7) is 2.09. The highest BCUT2D eigenvalue weighted by Gasteiger charge is 2.44. The summed E-state index contributed by atoms with van der Waals surface area (Å²) in [5, 5.41) is 28.8. The SMILES string of the molecule is CCCCCCC1C(O)=CC=CC1(O)C(=O)O. The molecule has 96 valence electrons. The minimum atomic E-state index is -1.97. The normalized spacial score (nSPS) is 27.9. The Labute approximate surface area is 101 Å². The van der Waals surface area contributed by atoms with Crippen molar-refractivity contribution in [2.75, 3.05) is 0 Å². The van der Waals surface area contributed by atoms with Crippen LogP contribution in [0.5, 0.6) is 0 Å². The van der Waals surface area contributed by atoms with Crippen molar-refractivity contribution >= 4 is 5.97 Å². The molecule has 0 aromatic carbocycles. The van der Waals surface area contributed by atoms with E-state index in [4.69, 9.17) is 5.11 Å². The van der Waals surface area contributed by atoms with E-state index in [-0.39, 0.29) is 5.76 Å². The molecular weight excluding hydrogens is 220 g/mol. The van der Waals surface area contributed by atoms with Crippen LogP contribution in [0.4, 0.5) is 0 Å². The first-order valence-corrected chi connectivity index (χ1v) is 6.06. The molecule has 1 rings (SSSR count). The van der Waals surface area contributed by atoms with Crippen LogP contribution < -0.4 is 0 Å². The molecule has 0 saturated carbocycles. The van der Waals surface area contributed by atoms with E-state index in [1.54, 1.807) is 0 Å². The number of allylic oxidation sites excluding steroid dienone is 2. The van der Waals surface area contributed by atoms with Crippen LogP contribution in [-0.4, -0.2) is 26.9 Å². The number of aliphatic hydroxyl groups excluding tert-OH is 1. The topological polar surface area (TPSA) is 77.8 Å². The lowest BCUT2D eigenvalue weighted by Gasteiger charge is -2.31. The molecule has 0 heterocycles. The molecule has 0 radical (unpaired) electrons. The zero-order valence-corrected chi connectivity index (χ0v) is 10.1. The lowest BCUT2D eigenvalue weighted by atomic mass is 9.79. The number of unbranched alkanes of at least 4 members (excludes halogenated alkanes) is 3. The van der Waals surface area contributed by atoms with Crippen molar-refractivity contribution in [2.45, 2.75) is 44.6 Å². The van der Waals surface area contributed by atoms with Gasteiger partial charge in [0.05, 0.1) is 11.7 Å². The summed E-state index contributed by atoms with van der Waals surface area (Å²) in [6, 6.07) is 0. The summed E-state index contributed by atoms with van der Waals surface area (Å²) in [6.07, 6.45) is 8.51. The van der Waals surface area contributed by atoms with Crippen molar-refractivity contribution in [2.24, 2.45) is 5.92 Å². The maximum absolute atomic E-state index is 11.1. The van der Waals surface area contributed by atoms with Crippen molar-refractivity contribution in [3.05, 3.63) is 24.0 Å². The Bertz CT molecular complexity index is 332. The number of hydrogen-bond acceptors (Lipinski definition) is 3. The quantitative estimate of drug-likeness (QED) is 0.623. The van der Waals surface area contributed by atoms with Crippen LogP contribution in [0.1, 0.15) is 39.0 Å². The molecule has 17 heavy (non-hydrogen) atoms. The van der Waals surface area contributed by atoms with E-state index in [1.807, 2.05) is 0 Å². The molecule has 1 aliphatic carbocycles. The molecule has 2 atom stereocenters. The third-order valence-corrected chi connectivity index (χ3v) is 3.19. The van der Waals surface area contributed by atoms with Gasteiger partial charge in [-0.25, -0.2) is 4.79 Å². The van der Waals surface area contributed by atoms with Crippen LogP contribution in [0.15, 0.2) is 24.0 Å². The van der Waals surface area contributed by atoms with Gasteiger partial charge in [0.2, 0.25) is 0 Å². The molecule has 0 aromatic rings. The Kier molecular flexibility index (Phi) is 4.75. The number of carboxylic acids is 1. The van der Waals surface area contributed by atoms with Crippen molar-refractivity contribution in [3.8, 4) is 0 Å². The third kappa shape index (κ3) is 3.09. The number of aliphatic carboxylic acids is 1. The molecule has 0 bridgehead atoms. The Morgan fingerprint density at radius 3 is 2.71 bits per heavy atom. The zero-order valence-electron chi connectivity index (χ0n) is 10.1. The van der Waals surface area contributed by atoms with Crippen LogP contribution in [0.25, 0.3) is 0 Å². The van der Waals surface area contributed by atoms with Gasteiger partial charge < -0.3 is 15.3 Å². The first-order valence-electron chi connectivity index (χ1n) is 6.06. The first-order chi connectivity index (χ1) is 8.02. The highest BCUT2D eigenvalue weighted by molar-refractivity contribution is 5.81. The van der Waals surface area contributed by atoms with E-state index in [2.05, 4.69) is 6.92 Å². The summed E-state index contributed by atoms with van der Waals surface area (Å²) in [5.41, 5.74) is -1.97. The van der Waals surface area contributed by atoms with Gasteiger partial charge in [-0.1, -0.05) is 38.7 Å². The number of aliphatic hydroxyl groups is 2. The van der Waals surface area contributed by atoms with Crippen LogP contribution in [0.2, 0.25) is 0 Å².